The van der Waals surface area contributed by atoms with Crippen LogP contribution in [0.1, 0.15) is 30.9 Å². The molecule has 0 saturated heterocycles. The van der Waals surface area contributed by atoms with Gasteiger partial charge in [-0.15, -0.1) is 0 Å². The lowest BCUT2D eigenvalue weighted by atomic mass is 9.94. The number of hydrogen-bond donors (Lipinski definition) is 0. The van der Waals surface area contributed by atoms with Crippen LogP contribution >= 0.6 is 0 Å². The van der Waals surface area contributed by atoms with Crippen molar-refractivity contribution >= 4 is 21.9 Å². The Balaban J connectivity index is 2.14. The van der Waals surface area contributed by atoms with Crippen LogP contribution in [-0.4, -0.2) is 4.98 Å². The SMILES string of the molecule is CC(C)c1ccc(-c2ccccn2)c2oc3cc(C#N)ccc3c12. The van der Waals surface area contributed by atoms with E-state index in [4.69, 9.17) is 9.68 Å². The summed E-state index contributed by atoms with van der Waals surface area (Å²) in [6.45, 7) is 4.36. The minimum absolute atomic E-state index is 0.377. The molecule has 0 aliphatic carbocycles. The molecule has 2 heterocycles. The van der Waals surface area contributed by atoms with Gasteiger partial charge in [0, 0.05) is 22.5 Å². The first-order chi connectivity index (χ1) is 11.7. The molecule has 4 aromatic rings. The van der Waals surface area contributed by atoms with Crippen LogP contribution in [0.4, 0.5) is 0 Å². The molecule has 4 rings (SSSR count). The Morgan fingerprint density at radius 1 is 1.08 bits per heavy atom. The Morgan fingerprint density at radius 3 is 2.67 bits per heavy atom. The van der Waals surface area contributed by atoms with Gasteiger partial charge < -0.3 is 4.42 Å². The van der Waals surface area contributed by atoms with E-state index in [1.807, 2.05) is 36.4 Å². The molecule has 0 spiro atoms. The van der Waals surface area contributed by atoms with Crippen LogP contribution in [0.5, 0.6) is 0 Å². The van der Waals surface area contributed by atoms with Gasteiger partial charge in [-0.05, 0) is 47.9 Å². The highest BCUT2D eigenvalue weighted by atomic mass is 16.3. The molecule has 0 aliphatic heterocycles. The predicted molar refractivity (Wildman–Crippen MR) is 95.8 cm³/mol. The van der Waals surface area contributed by atoms with E-state index >= 15 is 0 Å². The summed E-state index contributed by atoms with van der Waals surface area (Å²) in [7, 11) is 0. The van der Waals surface area contributed by atoms with Crippen LogP contribution in [0.3, 0.4) is 0 Å². The molecule has 3 heteroatoms. The highest BCUT2D eigenvalue weighted by Gasteiger charge is 2.18. The van der Waals surface area contributed by atoms with Crippen LogP contribution in [0.25, 0.3) is 33.2 Å². The Bertz CT molecular complexity index is 1090. The molecule has 2 aromatic carbocycles. The number of nitriles is 1. The summed E-state index contributed by atoms with van der Waals surface area (Å²) in [5.74, 6) is 0.377. The molecule has 0 amide bonds. The normalized spacial score (nSPS) is 11.2. The van der Waals surface area contributed by atoms with Crippen molar-refractivity contribution in [2.24, 2.45) is 0 Å². The first-order valence-corrected chi connectivity index (χ1v) is 7.99. The fourth-order valence-corrected chi connectivity index (χ4v) is 3.18. The number of benzene rings is 2. The predicted octanol–water partition coefficient (Wildman–Crippen LogP) is 5.64. The number of aromatic nitrogens is 1. The Kier molecular flexibility index (Phi) is 3.32. The second kappa shape index (κ2) is 5.50. The van der Waals surface area contributed by atoms with E-state index in [1.165, 1.54) is 5.56 Å². The van der Waals surface area contributed by atoms with Crippen molar-refractivity contribution in [1.82, 2.24) is 4.98 Å². The van der Waals surface area contributed by atoms with Gasteiger partial charge in [0.25, 0.3) is 0 Å². The van der Waals surface area contributed by atoms with Crippen LogP contribution < -0.4 is 0 Å². The summed E-state index contributed by atoms with van der Waals surface area (Å²) in [5.41, 5.74) is 5.29. The highest BCUT2D eigenvalue weighted by Crippen LogP contribution is 2.39. The van der Waals surface area contributed by atoms with E-state index in [-0.39, 0.29) is 0 Å². The highest BCUT2D eigenvalue weighted by molar-refractivity contribution is 6.11. The number of rotatable bonds is 2. The van der Waals surface area contributed by atoms with E-state index in [9.17, 15) is 0 Å². The molecular formula is C21H16N2O. The molecule has 116 valence electrons. The van der Waals surface area contributed by atoms with Gasteiger partial charge in [-0.25, -0.2) is 0 Å². The third-order valence-electron chi connectivity index (χ3n) is 4.34. The van der Waals surface area contributed by atoms with Crippen LogP contribution in [0.2, 0.25) is 0 Å². The van der Waals surface area contributed by atoms with Crippen LogP contribution in [-0.2, 0) is 0 Å². The first-order valence-electron chi connectivity index (χ1n) is 7.99. The van der Waals surface area contributed by atoms with Crippen molar-refractivity contribution in [2.45, 2.75) is 19.8 Å². The Morgan fingerprint density at radius 2 is 1.96 bits per heavy atom. The summed E-state index contributed by atoms with van der Waals surface area (Å²) < 4.78 is 6.18. The third-order valence-corrected chi connectivity index (χ3v) is 4.34. The number of hydrogen-bond acceptors (Lipinski definition) is 3. The zero-order valence-corrected chi connectivity index (χ0v) is 13.6. The molecule has 0 unspecified atom stereocenters. The lowest BCUT2D eigenvalue weighted by Crippen LogP contribution is -1.90. The van der Waals surface area contributed by atoms with Crippen molar-refractivity contribution in [2.75, 3.05) is 0 Å². The molecule has 0 saturated carbocycles. The van der Waals surface area contributed by atoms with E-state index in [2.05, 4.69) is 37.0 Å². The van der Waals surface area contributed by atoms with Gasteiger partial charge in [-0.1, -0.05) is 26.0 Å². The molecule has 0 aliphatic rings. The van der Waals surface area contributed by atoms with Crippen molar-refractivity contribution < 1.29 is 4.42 Å². The largest absolute Gasteiger partial charge is 0.455 e. The zero-order valence-electron chi connectivity index (χ0n) is 13.6. The molecule has 0 atom stereocenters. The average molecular weight is 312 g/mol. The fraction of sp³-hybridized carbons (Fsp3) is 0.143. The molecule has 2 aromatic heterocycles. The number of nitrogens with zero attached hydrogens (tertiary/aromatic N) is 2. The summed E-state index contributed by atoms with van der Waals surface area (Å²) in [4.78, 5) is 4.47. The van der Waals surface area contributed by atoms with E-state index in [0.29, 0.717) is 11.5 Å². The van der Waals surface area contributed by atoms with Crippen molar-refractivity contribution in [3.63, 3.8) is 0 Å². The maximum atomic E-state index is 9.15. The minimum atomic E-state index is 0.377. The topological polar surface area (TPSA) is 49.8 Å². The van der Waals surface area contributed by atoms with Gasteiger partial charge in [-0.3, -0.25) is 4.98 Å². The second-order valence-electron chi connectivity index (χ2n) is 6.20. The van der Waals surface area contributed by atoms with Gasteiger partial charge >= 0.3 is 0 Å². The fourth-order valence-electron chi connectivity index (χ4n) is 3.18. The number of pyridine rings is 1. The van der Waals surface area contributed by atoms with Crippen LogP contribution in [0.15, 0.2) is 59.1 Å². The molecule has 3 nitrogen and oxygen atoms in total. The van der Waals surface area contributed by atoms with Gasteiger partial charge in [0.05, 0.1) is 17.3 Å². The lowest BCUT2D eigenvalue weighted by Gasteiger charge is -2.10. The molecule has 0 fully saturated rings. The van der Waals surface area contributed by atoms with Crippen molar-refractivity contribution in [3.8, 4) is 17.3 Å². The zero-order chi connectivity index (χ0) is 16.7. The molecule has 0 bridgehead atoms. The van der Waals surface area contributed by atoms with Crippen LogP contribution in [0, 0.1) is 11.3 Å². The summed E-state index contributed by atoms with van der Waals surface area (Å²) in [5, 5.41) is 11.3. The summed E-state index contributed by atoms with van der Waals surface area (Å²) >= 11 is 0. The third kappa shape index (κ3) is 2.16. The van der Waals surface area contributed by atoms with Gasteiger partial charge in [-0.2, -0.15) is 5.26 Å². The van der Waals surface area contributed by atoms with Crippen molar-refractivity contribution in [1.29, 1.82) is 5.26 Å². The van der Waals surface area contributed by atoms with Gasteiger partial charge in [0.15, 0.2) is 0 Å². The molecule has 0 radical (unpaired) electrons. The van der Waals surface area contributed by atoms with Gasteiger partial charge in [0.2, 0.25) is 0 Å². The summed E-state index contributed by atoms with van der Waals surface area (Å²) in [6.07, 6.45) is 1.79. The second-order valence-corrected chi connectivity index (χ2v) is 6.20. The quantitative estimate of drug-likeness (QED) is 0.481. The smallest absolute Gasteiger partial charge is 0.145 e. The van der Waals surface area contributed by atoms with E-state index in [0.717, 1.165) is 33.2 Å². The van der Waals surface area contributed by atoms with Gasteiger partial charge in [0.1, 0.15) is 11.2 Å². The summed E-state index contributed by atoms with van der Waals surface area (Å²) in [6, 6.07) is 17.9. The molecule has 24 heavy (non-hydrogen) atoms. The monoisotopic (exact) mass is 312 g/mol. The van der Waals surface area contributed by atoms with Crippen molar-refractivity contribution in [3.05, 3.63) is 65.9 Å². The first kappa shape index (κ1) is 14.5. The molecular weight excluding hydrogens is 296 g/mol. The van der Waals surface area contributed by atoms with E-state index in [1.54, 1.807) is 6.20 Å². The number of furan rings is 1. The minimum Gasteiger partial charge on any atom is -0.455 e. The molecule has 0 N–H and O–H groups in total. The Labute approximate surface area is 140 Å². The standard InChI is InChI=1S/C21H16N2O/c1-13(2)15-8-9-16(18-5-3-4-10-23-18)21-20(15)17-7-6-14(12-22)11-19(17)24-21/h3-11,13H,1-2H3. The Hall–Kier alpha value is -3.12. The average Bonchev–Trinajstić information content (AvgIpc) is 2.99. The number of fused-ring (bicyclic) bond motifs is 3. The maximum absolute atomic E-state index is 9.15. The van der Waals surface area contributed by atoms with E-state index < -0.39 is 0 Å². The lowest BCUT2D eigenvalue weighted by molar-refractivity contribution is 0.669. The maximum Gasteiger partial charge on any atom is 0.145 e.